The summed E-state index contributed by atoms with van der Waals surface area (Å²) in [5.74, 6) is -0.546. The number of phenolic OH excluding ortho intramolecular Hbond substituents is 1. The number of carbonyl (C=O) groups is 1. The van der Waals surface area contributed by atoms with Gasteiger partial charge in [0.2, 0.25) is 0 Å². The van der Waals surface area contributed by atoms with Crippen LogP contribution >= 0.6 is 0 Å². The minimum Gasteiger partial charge on any atom is -0.508 e. The first-order valence-electron chi connectivity index (χ1n) is 6.92. The lowest BCUT2D eigenvalue weighted by atomic mass is 9.99. The van der Waals surface area contributed by atoms with Crippen molar-refractivity contribution in [2.45, 2.75) is 32.8 Å². The van der Waals surface area contributed by atoms with Crippen LogP contribution in [0.3, 0.4) is 0 Å². The van der Waals surface area contributed by atoms with E-state index in [-0.39, 0.29) is 11.8 Å². The van der Waals surface area contributed by atoms with Gasteiger partial charge in [0.1, 0.15) is 17.2 Å². The zero-order valence-corrected chi connectivity index (χ0v) is 12.5. The van der Waals surface area contributed by atoms with Crippen LogP contribution in [0, 0.1) is 5.82 Å². The molecule has 0 saturated heterocycles. The second-order valence-corrected chi connectivity index (χ2v) is 6.07. The fourth-order valence-electron chi connectivity index (χ4n) is 2.17. The van der Waals surface area contributed by atoms with E-state index in [1.165, 1.54) is 6.07 Å². The Hall–Kier alpha value is -2.04. The maximum absolute atomic E-state index is 13.8. The van der Waals surface area contributed by atoms with E-state index in [1.54, 1.807) is 11.0 Å². The summed E-state index contributed by atoms with van der Waals surface area (Å²) in [4.78, 5) is 13.5. The monoisotopic (exact) mass is 293 g/mol. The fraction of sp³-hybridized carbons (Fsp3) is 0.438. The molecule has 0 aromatic heterocycles. The Balaban J connectivity index is 2.07. The zero-order valence-electron chi connectivity index (χ0n) is 12.5. The van der Waals surface area contributed by atoms with E-state index in [0.717, 1.165) is 11.6 Å². The fourth-order valence-corrected chi connectivity index (χ4v) is 2.17. The highest BCUT2D eigenvalue weighted by molar-refractivity contribution is 5.73. The maximum Gasteiger partial charge on any atom is 0.410 e. The Morgan fingerprint density at radius 2 is 2.10 bits per heavy atom. The average Bonchev–Trinajstić information content (AvgIpc) is 2.37. The first-order chi connectivity index (χ1) is 9.76. The molecule has 1 aliphatic rings. The lowest BCUT2D eigenvalue weighted by molar-refractivity contribution is 0.0270. The van der Waals surface area contributed by atoms with E-state index in [2.05, 4.69) is 0 Å². The van der Waals surface area contributed by atoms with Crippen molar-refractivity contribution < 1.29 is 19.0 Å². The Morgan fingerprint density at radius 3 is 2.62 bits per heavy atom. The minimum atomic E-state index is -0.524. The molecule has 0 bridgehead atoms. The molecular formula is C16H20FNO3. The Kier molecular flexibility index (Phi) is 4.21. The van der Waals surface area contributed by atoms with Gasteiger partial charge in [-0.25, -0.2) is 9.18 Å². The number of ether oxygens (including phenoxy) is 1. The molecule has 1 aromatic carbocycles. The summed E-state index contributed by atoms with van der Waals surface area (Å²) in [6.45, 7) is 6.34. The average molecular weight is 293 g/mol. The van der Waals surface area contributed by atoms with Gasteiger partial charge in [-0.05, 0) is 44.9 Å². The molecule has 114 valence electrons. The van der Waals surface area contributed by atoms with Gasteiger partial charge in [-0.15, -0.1) is 0 Å². The molecule has 2 rings (SSSR count). The number of hydrogen-bond acceptors (Lipinski definition) is 3. The van der Waals surface area contributed by atoms with E-state index in [9.17, 15) is 14.3 Å². The number of rotatable bonds is 1. The molecule has 1 aliphatic heterocycles. The highest BCUT2D eigenvalue weighted by Gasteiger charge is 2.24. The Morgan fingerprint density at radius 1 is 1.38 bits per heavy atom. The third-order valence-electron chi connectivity index (χ3n) is 3.16. The van der Waals surface area contributed by atoms with Crippen molar-refractivity contribution in [1.29, 1.82) is 0 Å². The van der Waals surface area contributed by atoms with Crippen LogP contribution in [0.15, 0.2) is 24.3 Å². The normalized spacial score (nSPS) is 15.6. The van der Waals surface area contributed by atoms with Gasteiger partial charge in [-0.2, -0.15) is 0 Å². The Labute approximate surface area is 123 Å². The third kappa shape index (κ3) is 3.97. The lowest BCUT2D eigenvalue weighted by Crippen LogP contribution is -2.39. The highest BCUT2D eigenvalue weighted by Crippen LogP contribution is 2.27. The second kappa shape index (κ2) is 5.76. The maximum atomic E-state index is 13.8. The number of hydrogen-bond donors (Lipinski definition) is 1. The number of carbonyl (C=O) groups excluding carboxylic acids is 1. The van der Waals surface area contributed by atoms with Gasteiger partial charge in [0.15, 0.2) is 0 Å². The SMILES string of the molecule is CC(C)(C)OC(=O)N1CC=C(c2ccc(O)cc2F)CC1. The van der Waals surface area contributed by atoms with Crippen LogP contribution in [0.2, 0.25) is 0 Å². The minimum absolute atomic E-state index is 0.0944. The molecule has 1 N–H and O–H groups in total. The summed E-state index contributed by atoms with van der Waals surface area (Å²) in [7, 11) is 0. The van der Waals surface area contributed by atoms with E-state index in [1.807, 2.05) is 26.8 Å². The number of benzene rings is 1. The smallest absolute Gasteiger partial charge is 0.410 e. The second-order valence-electron chi connectivity index (χ2n) is 6.07. The summed E-state index contributed by atoms with van der Waals surface area (Å²) in [6, 6.07) is 4.11. The number of aromatic hydroxyl groups is 1. The van der Waals surface area contributed by atoms with E-state index in [4.69, 9.17) is 4.74 Å². The standard InChI is InChI=1S/C16H20FNO3/c1-16(2,3)21-15(20)18-8-6-11(7-9-18)13-5-4-12(19)10-14(13)17/h4-6,10,19H,7-9H2,1-3H3. The molecule has 1 heterocycles. The van der Waals surface area contributed by atoms with Crippen LogP contribution in [0.4, 0.5) is 9.18 Å². The predicted octanol–water partition coefficient (Wildman–Crippen LogP) is 3.56. The summed E-state index contributed by atoms with van der Waals surface area (Å²) < 4.78 is 19.1. The van der Waals surface area contributed by atoms with Crippen molar-refractivity contribution in [2.75, 3.05) is 13.1 Å². The van der Waals surface area contributed by atoms with E-state index in [0.29, 0.717) is 25.1 Å². The predicted molar refractivity (Wildman–Crippen MR) is 78.5 cm³/mol. The van der Waals surface area contributed by atoms with Gasteiger partial charge in [0, 0.05) is 24.7 Å². The van der Waals surface area contributed by atoms with Gasteiger partial charge in [-0.3, -0.25) is 0 Å². The van der Waals surface area contributed by atoms with Crippen LogP contribution in [-0.2, 0) is 4.74 Å². The summed E-state index contributed by atoms with van der Waals surface area (Å²) >= 11 is 0. The van der Waals surface area contributed by atoms with Crippen molar-refractivity contribution in [3.63, 3.8) is 0 Å². The molecule has 0 radical (unpaired) electrons. The van der Waals surface area contributed by atoms with Crippen molar-refractivity contribution in [1.82, 2.24) is 4.90 Å². The van der Waals surface area contributed by atoms with Crippen LogP contribution in [-0.4, -0.2) is 34.8 Å². The highest BCUT2D eigenvalue weighted by atomic mass is 19.1. The van der Waals surface area contributed by atoms with Gasteiger partial charge in [0.05, 0.1) is 0 Å². The number of halogens is 1. The molecule has 1 aromatic rings. The lowest BCUT2D eigenvalue weighted by Gasteiger charge is -2.29. The summed E-state index contributed by atoms with van der Waals surface area (Å²) in [6.07, 6.45) is 2.02. The Bertz CT molecular complexity index is 575. The van der Waals surface area contributed by atoms with E-state index < -0.39 is 11.4 Å². The topological polar surface area (TPSA) is 49.8 Å². The number of nitrogens with zero attached hydrogens (tertiary/aromatic N) is 1. The van der Waals surface area contributed by atoms with Gasteiger partial charge < -0.3 is 14.7 Å². The molecule has 0 aliphatic carbocycles. The molecule has 1 amide bonds. The summed E-state index contributed by atoms with van der Waals surface area (Å²) in [5, 5.41) is 9.23. The van der Waals surface area contributed by atoms with Crippen molar-refractivity contribution in [2.24, 2.45) is 0 Å². The van der Waals surface area contributed by atoms with E-state index >= 15 is 0 Å². The first kappa shape index (κ1) is 15.4. The largest absolute Gasteiger partial charge is 0.508 e. The molecule has 0 atom stereocenters. The molecule has 21 heavy (non-hydrogen) atoms. The van der Waals surface area contributed by atoms with Crippen molar-refractivity contribution >= 4 is 11.7 Å². The van der Waals surface area contributed by atoms with Gasteiger partial charge >= 0.3 is 6.09 Å². The van der Waals surface area contributed by atoms with Gasteiger partial charge in [-0.1, -0.05) is 6.08 Å². The van der Waals surface area contributed by atoms with Crippen LogP contribution in [0.25, 0.3) is 5.57 Å². The molecule has 0 saturated carbocycles. The number of amides is 1. The summed E-state index contributed by atoms with van der Waals surface area (Å²) in [5.41, 5.74) is 0.786. The number of phenols is 1. The van der Waals surface area contributed by atoms with Crippen LogP contribution in [0.1, 0.15) is 32.8 Å². The molecule has 0 spiro atoms. The molecular weight excluding hydrogens is 273 g/mol. The molecule has 5 heteroatoms. The van der Waals surface area contributed by atoms with Crippen molar-refractivity contribution in [3.05, 3.63) is 35.7 Å². The zero-order chi connectivity index (χ0) is 15.6. The first-order valence-corrected chi connectivity index (χ1v) is 6.92. The molecule has 0 fully saturated rings. The van der Waals surface area contributed by atoms with Crippen LogP contribution in [0.5, 0.6) is 5.75 Å². The van der Waals surface area contributed by atoms with Crippen LogP contribution < -0.4 is 0 Å². The molecule has 4 nitrogen and oxygen atoms in total. The molecule has 0 unspecified atom stereocenters. The van der Waals surface area contributed by atoms with Crippen molar-refractivity contribution in [3.8, 4) is 5.75 Å². The quantitative estimate of drug-likeness (QED) is 0.861. The van der Waals surface area contributed by atoms with Gasteiger partial charge in [0.25, 0.3) is 0 Å². The third-order valence-corrected chi connectivity index (χ3v) is 3.16.